The molecule has 7 nitrogen and oxygen atoms in total. The van der Waals surface area contributed by atoms with E-state index in [4.69, 9.17) is 4.74 Å². The van der Waals surface area contributed by atoms with Crippen LogP contribution in [-0.2, 0) is 20.9 Å². The highest BCUT2D eigenvalue weighted by Crippen LogP contribution is 2.37. The van der Waals surface area contributed by atoms with Crippen molar-refractivity contribution in [2.24, 2.45) is 0 Å². The topological polar surface area (TPSA) is 96.5 Å². The number of halogens is 3. The fourth-order valence-corrected chi connectivity index (χ4v) is 4.34. The van der Waals surface area contributed by atoms with Gasteiger partial charge in [0.05, 0.1) is 11.3 Å². The summed E-state index contributed by atoms with van der Waals surface area (Å²) in [5.41, 5.74) is -0.279. The molecule has 1 amide bonds. The Morgan fingerprint density at radius 1 is 1.16 bits per heavy atom. The van der Waals surface area contributed by atoms with Gasteiger partial charge < -0.3 is 15.4 Å². The van der Waals surface area contributed by atoms with Crippen LogP contribution in [0, 0.1) is 0 Å². The highest BCUT2D eigenvalue weighted by atomic mass is 32.2. The average Bonchev–Trinajstić information content (AvgIpc) is 2.72. The van der Waals surface area contributed by atoms with Crippen LogP contribution in [0.3, 0.4) is 0 Å². The van der Waals surface area contributed by atoms with Crippen molar-refractivity contribution in [1.82, 2.24) is 10.0 Å². The lowest BCUT2D eigenvalue weighted by atomic mass is 10.1. The van der Waals surface area contributed by atoms with E-state index in [0.717, 1.165) is 18.2 Å². The van der Waals surface area contributed by atoms with E-state index in [-0.39, 0.29) is 16.5 Å². The molecule has 31 heavy (non-hydrogen) atoms. The first-order chi connectivity index (χ1) is 14.6. The van der Waals surface area contributed by atoms with E-state index in [2.05, 4.69) is 15.4 Å². The Kier molecular flexibility index (Phi) is 6.87. The number of nitrogens with one attached hydrogen (secondary N) is 3. The number of carbonyl (C=O) groups is 1. The molecule has 0 fully saturated rings. The first kappa shape index (κ1) is 23.0. The van der Waals surface area contributed by atoms with Crippen LogP contribution in [0.15, 0.2) is 47.4 Å². The van der Waals surface area contributed by atoms with E-state index in [9.17, 15) is 26.4 Å². The fourth-order valence-electron chi connectivity index (χ4n) is 3.06. The highest BCUT2D eigenvalue weighted by molar-refractivity contribution is 7.89. The molecule has 0 bridgehead atoms. The molecule has 0 radical (unpaired) electrons. The number of fused-ring (bicyclic) bond motifs is 1. The summed E-state index contributed by atoms with van der Waals surface area (Å²) in [5.74, 6) is -0.291. The Morgan fingerprint density at radius 2 is 1.87 bits per heavy atom. The van der Waals surface area contributed by atoms with Gasteiger partial charge in [0.1, 0.15) is 11.1 Å². The Bertz CT molecular complexity index is 1040. The number of ether oxygens (including phenoxy) is 1. The van der Waals surface area contributed by atoms with Crippen molar-refractivity contribution in [3.63, 3.8) is 0 Å². The molecule has 0 saturated heterocycles. The molecule has 1 atom stereocenters. The number of rotatable bonds is 7. The minimum absolute atomic E-state index is 0.144. The maximum absolute atomic E-state index is 13.0. The van der Waals surface area contributed by atoms with Crippen molar-refractivity contribution in [3.05, 3.63) is 59.2 Å². The zero-order chi connectivity index (χ0) is 22.6. The summed E-state index contributed by atoms with van der Waals surface area (Å²) < 4.78 is 71.6. The maximum atomic E-state index is 13.0. The first-order valence-corrected chi connectivity index (χ1v) is 11.1. The molecule has 1 heterocycles. The summed E-state index contributed by atoms with van der Waals surface area (Å²) >= 11 is 0. The number of amides is 1. The monoisotopic (exact) mass is 457 g/mol. The maximum Gasteiger partial charge on any atom is 0.416 e. The zero-order valence-electron chi connectivity index (χ0n) is 16.6. The van der Waals surface area contributed by atoms with Gasteiger partial charge >= 0.3 is 6.18 Å². The van der Waals surface area contributed by atoms with Gasteiger partial charge in [-0.2, -0.15) is 17.9 Å². The van der Waals surface area contributed by atoms with Crippen LogP contribution in [0.4, 0.5) is 18.9 Å². The molecule has 0 unspecified atom stereocenters. The van der Waals surface area contributed by atoms with Crippen molar-refractivity contribution in [2.75, 3.05) is 25.1 Å². The number of carbonyl (C=O) groups excluding carboxylic acids is 1. The number of sulfonamides is 1. The molecule has 11 heteroatoms. The third kappa shape index (κ3) is 5.54. The molecule has 0 aliphatic carbocycles. The van der Waals surface area contributed by atoms with Crippen molar-refractivity contribution in [1.29, 1.82) is 0 Å². The van der Waals surface area contributed by atoms with Gasteiger partial charge in [0.2, 0.25) is 10.0 Å². The Labute approximate surface area is 178 Å². The largest absolute Gasteiger partial charge is 0.416 e. The number of anilines is 1. The van der Waals surface area contributed by atoms with Gasteiger partial charge in [0.15, 0.2) is 0 Å². The molecular weight excluding hydrogens is 435 g/mol. The summed E-state index contributed by atoms with van der Waals surface area (Å²) in [6.45, 7) is 3.48. The molecule has 1 aliphatic rings. The normalized spacial score (nSPS) is 17.5. The molecule has 3 rings (SSSR count). The van der Waals surface area contributed by atoms with E-state index in [1.54, 1.807) is 0 Å². The Balaban J connectivity index is 1.73. The lowest BCUT2D eigenvalue weighted by Gasteiger charge is -2.29. The Hall–Kier alpha value is -2.63. The van der Waals surface area contributed by atoms with E-state index >= 15 is 0 Å². The molecular formula is C20H22F3N3O4S. The summed E-state index contributed by atoms with van der Waals surface area (Å²) in [7, 11) is -4.02. The van der Waals surface area contributed by atoms with E-state index in [0.29, 0.717) is 37.3 Å². The predicted molar refractivity (Wildman–Crippen MR) is 108 cm³/mol. The molecule has 0 saturated carbocycles. The van der Waals surface area contributed by atoms with Gasteiger partial charge in [-0.3, -0.25) is 4.79 Å². The second kappa shape index (κ2) is 9.25. The lowest BCUT2D eigenvalue weighted by Crippen LogP contribution is -2.38. The number of alkyl halides is 3. The average molecular weight is 457 g/mol. The SMILES string of the molecule is CCOCCCNC(=O)c1ccc([C@@H]2Nc3cc(C(F)(F)F)ccc3S(=O)(=O)N2)cc1. The number of hydrogen-bond acceptors (Lipinski definition) is 5. The summed E-state index contributed by atoms with van der Waals surface area (Å²) in [6, 6.07) is 8.52. The molecule has 168 valence electrons. The van der Waals surface area contributed by atoms with Crippen LogP contribution in [0.2, 0.25) is 0 Å². The summed E-state index contributed by atoms with van der Waals surface area (Å²) in [5, 5.41) is 5.53. The van der Waals surface area contributed by atoms with E-state index in [1.165, 1.54) is 24.3 Å². The molecule has 0 spiro atoms. The van der Waals surface area contributed by atoms with Crippen LogP contribution >= 0.6 is 0 Å². The molecule has 0 aromatic heterocycles. The van der Waals surface area contributed by atoms with Crippen molar-refractivity contribution in [3.8, 4) is 0 Å². The van der Waals surface area contributed by atoms with Crippen LogP contribution in [0.1, 0.15) is 41.0 Å². The van der Waals surface area contributed by atoms with Gasteiger partial charge in [0.25, 0.3) is 5.91 Å². The minimum atomic E-state index is -4.60. The first-order valence-electron chi connectivity index (χ1n) is 9.58. The third-order valence-electron chi connectivity index (χ3n) is 4.63. The van der Waals surface area contributed by atoms with Crippen molar-refractivity contribution in [2.45, 2.75) is 30.6 Å². The summed E-state index contributed by atoms with van der Waals surface area (Å²) in [4.78, 5) is 11.9. The van der Waals surface area contributed by atoms with E-state index in [1.807, 2.05) is 6.92 Å². The van der Waals surface area contributed by atoms with Gasteiger partial charge in [0, 0.05) is 25.3 Å². The number of benzene rings is 2. The molecule has 2 aromatic carbocycles. The van der Waals surface area contributed by atoms with Gasteiger partial charge in [-0.25, -0.2) is 8.42 Å². The smallest absolute Gasteiger partial charge is 0.382 e. The van der Waals surface area contributed by atoms with Crippen LogP contribution in [-0.4, -0.2) is 34.1 Å². The minimum Gasteiger partial charge on any atom is -0.382 e. The number of hydrogen-bond donors (Lipinski definition) is 3. The summed E-state index contributed by atoms with van der Waals surface area (Å²) in [6.07, 6.45) is -4.91. The fraction of sp³-hybridized carbons (Fsp3) is 0.350. The van der Waals surface area contributed by atoms with Crippen LogP contribution in [0.25, 0.3) is 0 Å². The second-order valence-electron chi connectivity index (χ2n) is 6.84. The van der Waals surface area contributed by atoms with Crippen LogP contribution in [0.5, 0.6) is 0 Å². The van der Waals surface area contributed by atoms with Crippen LogP contribution < -0.4 is 15.4 Å². The van der Waals surface area contributed by atoms with Crippen molar-refractivity contribution < 1.29 is 31.1 Å². The quantitative estimate of drug-likeness (QED) is 0.555. The highest BCUT2D eigenvalue weighted by Gasteiger charge is 2.35. The Morgan fingerprint density at radius 3 is 2.52 bits per heavy atom. The predicted octanol–water partition coefficient (Wildman–Crippen LogP) is 3.26. The zero-order valence-corrected chi connectivity index (χ0v) is 17.4. The van der Waals surface area contributed by atoms with E-state index < -0.39 is 27.9 Å². The standard InChI is InChI=1S/C20H22F3N3O4S/c1-2-30-11-3-10-24-19(27)14-6-4-13(5-7-14)18-25-16-12-15(20(21,22)23)8-9-17(16)31(28,29)26-18/h4-9,12,18,25-26H,2-3,10-11H2,1H3,(H,24,27)/t18-/m1/s1. The van der Waals surface area contributed by atoms with Gasteiger partial charge in [-0.1, -0.05) is 12.1 Å². The second-order valence-corrected chi connectivity index (χ2v) is 8.52. The van der Waals surface area contributed by atoms with Crippen molar-refractivity contribution >= 4 is 21.6 Å². The van der Waals surface area contributed by atoms with Gasteiger partial charge in [-0.05, 0) is 49.2 Å². The van der Waals surface area contributed by atoms with Gasteiger partial charge in [-0.15, -0.1) is 0 Å². The lowest BCUT2D eigenvalue weighted by molar-refractivity contribution is -0.137. The molecule has 1 aliphatic heterocycles. The third-order valence-corrected chi connectivity index (χ3v) is 6.11. The molecule has 2 aromatic rings. The molecule has 3 N–H and O–H groups in total.